The molecule has 1 aliphatic carbocycles. The molecule has 0 atom stereocenters. The molecule has 3 N–H and O–H groups in total. The number of nitrogens with two attached hydrogens (primary N) is 1. The first-order valence-electron chi connectivity index (χ1n) is 5.78. The van der Waals surface area contributed by atoms with Crippen LogP contribution in [0.15, 0.2) is 34.9 Å². The molecule has 17 heavy (non-hydrogen) atoms. The van der Waals surface area contributed by atoms with Crippen LogP contribution in [0.3, 0.4) is 0 Å². The van der Waals surface area contributed by atoms with E-state index in [2.05, 4.69) is 32.0 Å². The number of aromatic amines is 1. The van der Waals surface area contributed by atoms with Crippen molar-refractivity contribution in [2.45, 2.75) is 24.8 Å². The first-order chi connectivity index (χ1) is 8.19. The van der Waals surface area contributed by atoms with Gasteiger partial charge < -0.3 is 10.7 Å². The van der Waals surface area contributed by atoms with Crippen LogP contribution in [0.2, 0.25) is 0 Å². The van der Waals surface area contributed by atoms with Gasteiger partial charge in [0, 0.05) is 10.0 Å². The molecule has 1 saturated carbocycles. The molecule has 0 unspecified atom stereocenters. The van der Waals surface area contributed by atoms with E-state index in [0.717, 1.165) is 34.4 Å². The Labute approximate surface area is 109 Å². The molecule has 2 aromatic rings. The molecular formula is C13H14BrN3. The summed E-state index contributed by atoms with van der Waals surface area (Å²) in [7, 11) is 0. The largest absolute Gasteiger partial charge is 0.340 e. The number of H-pyrrole nitrogens is 1. The minimum Gasteiger partial charge on any atom is -0.340 e. The van der Waals surface area contributed by atoms with Gasteiger partial charge in [0.2, 0.25) is 0 Å². The predicted octanol–water partition coefficient (Wildman–Crippen LogP) is 3.18. The van der Waals surface area contributed by atoms with Gasteiger partial charge in [-0.1, -0.05) is 34.1 Å². The molecule has 1 heterocycles. The SMILES string of the molecule is NC1(c2ncc(-c3ccccc3Br)[nH]2)CCC1. The molecule has 1 aromatic carbocycles. The summed E-state index contributed by atoms with van der Waals surface area (Å²) in [5.41, 5.74) is 8.16. The Balaban J connectivity index is 1.98. The van der Waals surface area contributed by atoms with Crippen LogP contribution in [0, 0.1) is 0 Å². The van der Waals surface area contributed by atoms with Crippen molar-refractivity contribution in [1.29, 1.82) is 0 Å². The summed E-state index contributed by atoms with van der Waals surface area (Å²) in [4.78, 5) is 7.77. The van der Waals surface area contributed by atoms with Crippen molar-refractivity contribution in [3.8, 4) is 11.3 Å². The second-order valence-corrected chi connectivity index (χ2v) is 5.49. The van der Waals surface area contributed by atoms with Crippen molar-refractivity contribution in [2.24, 2.45) is 5.73 Å². The third-order valence-corrected chi connectivity index (χ3v) is 4.15. The molecule has 0 saturated heterocycles. The Morgan fingerprint density at radius 1 is 1.29 bits per heavy atom. The number of nitrogens with one attached hydrogen (secondary N) is 1. The number of imidazole rings is 1. The standard InChI is InChI=1S/C13H14BrN3/c14-10-5-2-1-4-9(10)11-8-16-12(17-11)13(15)6-3-7-13/h1-2,4-5,8H,3,6-7,15H2,(H,16,17). The molecule has 88 valence electrons. The third-order valence-electron chi connectivity index (χ3n) is 3.46. The van der Waals surface area contributed by atoms with Gasteiger partial charge in [-0.25, -0.2) is 4.98 Å². The van der Waals surface area contributed by atoms with Gasteiger partial charge in [-0.3, -0.25) is 0 Å². The summed E-state index contributed by atoms with van der Waals surface area (Å²) < 4.78 is 1.06. The van der Waals surface area contributed by atoms with Gasteiger partial charge in [0.25, 0.3) is 0 Å². The van der Waals surface area contributed by atoms with Crippen molar-refractivity contribution in [2.75, 3.05) is 0 Å². The smallest absolute Gasteiger partial charge is 0.126 e. The Hall–Kier alpha value is -1.13. The fourth-order valence-corrected chi connectivity index (χ4v) is 2.68. The van der Waals surface area contributed by atoms with Crippen molar-refractivity contribution in [3.63, 3.8) is 0 Å². The topological polar surface area (TPSA) is 54.7 Å². The summed E-state index contributed by atoms with van der Waals surface area (Å²) in [6.45, 7) is 0. The van der Waals surface area contributed by atoms with Gasteiger partial charge in [0.1, 0.15) is 5.82 Å². The molecule has 4 heteroatoms. The van der Waals surface area contributed by atoms with E-state index >= 15 is 0 Å². The van der Waals surface area contributed by atoms with Gasteiger partial charge in [-0.2, -0.15) is 0 Å². The summed E-state index contributed by atoms with van der Waals surface area (Å²) >= 11 is 3.54. The zero-order chi connectivity index (χ0) is 11.9. The second kappa shape index (κ2) is 3.96. The van der Waals surface area contributed by atoms with Crippen LogP contribution in [0.5, 0.6) is 0 Å². The highest BCUT2D eigenvalue weighted by Gasteiger charge is 2.37. The van der Waals surface area contributed by atoms with E-state index in [9.17, 15) is 0 Å². The number of hydrogen-bond acceptors (Lipinski definition) is 2. The van der Waals surface area contributed by atoms with Gasteiger partial charge in [-0.15, -0.1) is 0 Å². The Kier molecular flexibility index (Phi) is 2.56. The predicted molar refractivity (Wildman–Crippen MR) is 71.4 cm³/mol. The van der Waals surface area contributed by atoms with E-state index in [0.29, 0.717) is 0 Å². The Morgan fingerprint density at radius 2 is 2.06 bits per heavy atom. The second-order valence-electron chi connectivity index (χ2n) is 4.64. The maximum absolute atomic E-state index is 6.25. The molecule has 0 spiro atoms. The minimum atomic E-state index is -0.223. The van der Waals surface area contributed by atoms with Gasteiger partial charge in [0.15, 0.2) is 0 Å². The number of benzene rings is 1. The summed E-state index contributed by atoms with van der Waals surface area (Å²) in [6.07, 6.45) is 5.11. The number of nitrogens with zero attached hydrogens (tertiary/aromatic N) is 1. The molecule has 1 fully saturated rings. The van der Waals surface area contributed by atoms with Crippen LogP contribution in [0.1, 0.15) is 25.1 Å². The normalized spacial score (nSPS) is 17.8. The van der Waals surface area contributed by atoms with Crippen LogP contribution >= 0.6 is 15.9 Å². The zero-order valence-electron chi connectivity index (χ0n) is 9.41. The van der Waals surface area contributed by atoms with E-state index in [1.807, 2.05) is 24.4 Å². The van der Waals surface area contributed by atoms with Crippen LogP contribution in [-0.4, -0.2) is 9.97 Å². The minimum absolute atomic E-state index is 0.223. The van der Waals surface area contributed by atoms with Gasteiger partial charge in [0.05, 0.1) is 17.4 Å². The third kappa shape index (κ3) is 1.81. The maximum atomic E-state index is 6.25. The number of aromatic nitrogens is 2. The molecule has 3 nitrogen and oxygen atoms in total. The Morgan fingerprint density at radius 3 is 2.71 bits per heavy atom. The molecular weight excluding hydrogens is 278 g/mol. The van der Waals surface area contributed by atoms with Crippen LogP contribution in [0.25, 0.3) is 11.3 Å². The highest BCUT2D eigenvalue weighted by atomic mass is 79.9. The number of rotatable bonds is 2. The summed E-state index contributed by atoms with van der Waals surface area (Å²) in [6, 6.07) is 8.10. The van der Waals surface area contributed by atoms with E-state index in [1.54, 1.807) is 0 Å². The van der Waals surface area contributed by atoms with E-state index in [1.165, 1.54) is 6.42 Å². The molecule has 1 aromatic heterocycles. The lowest BCUT2D eigenvalue weighted by Gasteiger charge is -2.35. The van der Waals surface area contributed by atoms with Gasteiger partial charge >= 0.3 is 0 Å². The maximum Gasteiger partial charge on any atom is 0.126 e. The monoisotopic (exact) mass is 291 g/mol. The van der Waals surface area contributed by atoms with Gasteiger partial charge in [-0.05, 0) is 25.3 Å². The molecule has 3 rings (SSSR count). The molecule has 0 amide bonds. The van der Waals surface area contributed by atoms with Crippen LogP contribution < -0.4 is 5.73 Å². The first kappa shape index (κ1) is 11.0. The Bertz CT molecular complexity index is 543. The summed E-state index contributed by atoms with van der Waals surface area (Å²) in [5, 5.41) is 0. The average molecular weight is 292 g/mol. The molecule has 0 aliphatic heterocycles. The average Bonchev–Trinajstić information content (AvgIpc) is 2.76. The summed E-state index contributed by atoms with van der Waals surface area (Å²) in [5.74, 6) is 0.912. The van der Waals surface area contributed by atoms with Crippen molar-refractivity contribution < 1.29 is 0 Å². The molecule has 0 radical (unpaired) electrons. The lowest BCUT2D eigenvalue weighted by molar-refractivity contribution is 0.240. The number of hydrogen-bond donors (Lipinski definition) is 2. The van der Waals surface area contributed by atoms with E-state index in [-0.39, 0.29) is 5.54 Å². The van der Waals surface area contributed by atoms with E-state index in [4.69, 9.17) is 5.73 Å². The molecule has 1 aliphatic rings. The van der Waals surface area contributed by atoms with Crippen molar-refractivity contribution >= 4 is 15.9 Å². The number of halogens is 1. The fraction of sp³-hybridized carbons (Fsp3) is 0.308. The lowest BCUT2D eigenvalue weighted by Crippen LogP contribution is -2.44. The lowest BCUT2D eigenvalue weighted by atomic mass is 9.77. The fourth-order valence-electron chi connectivity index (χ4n) is 2.19. The van der Waals surface area contributed by atoms with Crippen molar-refractivity contribution in [3.05, 3.63) is 40.8 Å². The van der Waals surface area contributed by atoms with Crippen molar-refractivity contribution in [1.82, 2.24) is 9.97 Å². The van der Waals surface area contributed by atoms with Crippen LogP contribution in [-0.2, 0) is 5.54 Å². The highest BCUT2D eigenvalue weighted by Crippen LogP contribution is 2.38. The highest BCUT2D eigenvalue weighted by molar-refractivity contribution is 9.10. The zero-order valence-corrected chi connectivity index (χ0v) is 11.0. The molecule has 0 bridgehead atoms. The quantitative estimate of drug-likeness (QED) is 0.893. The first-order valence-corrected chi connectivity index (χ1v) is 6.58. The van der Waals surface area contributed by atoms with Crippen LogP contribution in [0.4, 0.5) is 0 Å². The van der Waals surface area contributed by atoms with E-state index < -0.39 is 0 Å².